The predicted molar refractivity (Wildman–Crippen MR) is 83.2 cm³/mol. The first-order valence-corrected chi connectivity index (χ1v) is 7.41. The van der Waals surface area contributed by atoms with Crippen molar-refractivity contribution < 1.29 is 14.6 Å². The summed E-state index contributed by atoms with van der Waals surface area (Å²) in [4.78, 5) is 30.8. The van der Waals surface area contributed by atoms with Crippen LogP contribution in [0.1, 0.15) is 34.1 Å². The van der Waals surface area contributed by atoms with E-state index in [9.17, 15) is 14.7 Å². The molecule has 4 rings (SSSR count). The number of nitrogens with one attached hydrogen (secondary N) is 1. The summed E-state index contributed by atoms with van der Waals surface area (Å²) < 4.78 is 7.25. The summed E-state index contributed by atoms with van der Waals surface area (Å²) in [6, 6.07) is 3.28. The van der Waals surface area contributed by atoms with Gasteiger partial charge in [0.05, 0.1) is 29.4 Å². The van der Waals surface area contributed by atoms with E-state index < -0.39 is 5.97 Å². The van der Waals surface area contributed by atoms with E-state index in [-0.39, 0.29) is 17.0 Å². The first-order valence-electron chi connectivity index (χ1n) is 7.41. The first-order chi connectivity index (χ1) is 11.1. The van der Waals surface area contributed by atoms with Crippen LogP contribution >= 0.6 is 0 Å². The third kappa shape index (κ3) is 2.04. The number of imidazole rings is 1. The van der Waals surface area contributed by atoms with Gasteiger partial charge in [0.2, 0.25) is 0 Å². The molecule has 2 aromatic heterocycles. The zero-order valence-electron chi connectivity index (χ0n) is 12.5. The Bertz CT molecular complexity index is 996. The van der Waals surface area contributed by atoms with E-state index in [1.807, 2.05) is 4.40 Å². The lowest BCUT2D eigenvalue weighted by Crippen LogP contribution is -2.14. The fourth-order valence-electron chi connectivity index (χ4n) is 3.20. The highest BCUT2D eigenvalue weighted by molar-refractivity contribution is 5.94. The number of rotatable bonds is 2. The molecule has 1 aliphatic rings. The largest absolute Gasteiger partial charge is 0.478 e. The van der Waals surface area contributed by atoms with E-state index in [0.717, 1.165) is 17.8 Å². The summed E-state index contributed by atoms with van der Waals surface area (Å²) >= 11 is 0. The van der Waals surface area contributed by atoms with Gasteiger partial charge in [-0.15, -0.1) is 0 Å². The maximum absolute atomic E-state index is 12.3. The molecule has 0 radical (unpaired) electrons. The van der Waals surface area contributed by atoms with Gasteiger partial charge in [-0.25, -0.2) is 9.78 Å². The van der Waals surface area contributed by atoms with Crippen molar-refractivity contribution in [3.8, 4) is 0 Å². The molecule has 1 saturated heterocycles. The second-order valence-corrected chi connectivity index (χ2v) is 5.84. The number of hydrogen-bond acceptors (Lipinski definition) is 4. The highest BCUT2D eigenvalue weighted by Crippen LogP contribution is 2.27. The van der Waals surface area contributed by atoms with Gasteiger partial charge in [-0.3, -0.25) is 9.20 Å². The molecule has 1 atom stereocenters. The molecule has 1 unspecified atom stereocenters. The Balaban J connectivity index is 2.10. The zero-order valence-corrected chi connectivity index (χ0v) is 12.5. The van der Waals surface area contributed by atoms with Gasteiger partial charge in [-0.1, -0.05) is 0 Å². The molecule has 118 valence electrons. The number of H-pyrrole nitrogens is 1. The van der Waals surface area contributed by atoms with Gasteiger partial charge in [0.25, 0.3) is 5.56 Å². The lowest BCUT2D eigenvalue weighted by atomic mass is 10.1. The van der Waals surface area contributed by atoms with Crippen LogP contribution in [0.5, 0.6) is 0 Å². The van der Waals surface area contributed by atoms with Crippen LogP contribution in [0.3, 0.4) is 0 Å². The molecule has 0 saturated carbocycles. The monoisotopic (exact) mass is 313 g/mol. The van der Waals surface area contributed by atoms with E-state index in [2.05, 4.69) is 9.97 Å². The third-order valence-electron chi connectivity index (χ3n) is 4.38. The average molecular weight is 313 g/mol. The van der Waals surface area contributed by atoms with Gasteiger partial charge in [0.1, 0.15) is 11.3 Å². The molecule has 1 aromatic carbocycles. The van der Waals surface area contributed by atoms with E-state index in [0.29, 0.717) is 29.8 Å². The maximum Gasteiger partial charge on any atom is 0.336 e. The lowest BCUT2D eigenvalue weighted by Gasteiger charge is -2.11. The topological polar surface area (TPSA) is 96.7 Å². The van der Waals surface area contributed by atoms with Crippen molar-refractivity contribution in [1.82, 2.24) is 14.4 Å². The number of carboxylic acids is 1. The predicted octanol–water partition coefficient (Wildman–Crippen LogP) is 1.69. The quantitative estimate of drug-likeness (QED) is 0.750. The van der Waals surface area contributed by atoms with E-state index in [4.69, 9.17) is 4.74 Å². The standard InChI is InChI=1S/C16H15N3O4/c1-8-4-12-11(5-10(8)16(21)22)18-15(20)13-6-17-14(19(12)13)9-2-3-23-7-9/h4-6,9H,2-3,7H2,1H3,(H,18,20)(H,21,22). The minimum atomic E-state index is -1.01. The summed E-state index contributed by atoms with van der Waals surface area (Å²) in [7, 11) is 0. The number of hydrogen-bond donors (Lipinski definition) is 2. The van der Waals surface area contributed by atoms with Crippen LogP contribution in [0.25, 0.3) is 16.6 Å². The number of aromatic amines is 1. The Morgan fingerprint density at radius 1 is 1.43 bits per heavy atom. The van der Waals surface area contributed by atoms with Crippen LogP contribution in [0.15, 0.2) is 23.1 Å². The highest BCUT2D eigenvalue weighted by Gasteiger charge is 2.24. The summed E-state index contributed by atoms with van der Waals surface area (Å²) in [6.07, 6.45) is 2.42. The first kappa shape index (κ1) is 14.0. The summed E-state index contributed by atoms with van der Waals surface area (Å²) in [5, 5.41) is 9.27. The number of ether oxygens (including phenoxy) is 1. The Morgan fingerprint density at radius 3 is 2.96 bits per heavy atom. The number of aromatic nitrogens is 3. The molecule has 2 N–H and O–H groups in total. The molecular formula is C16H15N3O4. The van der Waals surface area contributed by atoms with E-state index in [1.54, 1.807) is 19.2 Å². The van der Waals surface area contributed by atoms with Crippen LogP contribution in [-0.2, 0) is 4.74 Å². The average Bonchev–Trinajstić information content (AvgIpc) is 3.16. The van der Waals surface area contributed by atoms with Crippen molar-refractivity contribution in [2.45, 2.75) is 19.3 Å². The van der Waals surface area contributed by atoms with Crippen LogP contribution in [-0.4, -0.2) is 38.7 Å². The van der Waals surface area contributed by atoms with E-state index in [1.165, 1.54) is 6.07 Å². The number of aryl methyl sites for hydroxylation is 1. The van der Waals surface area contributed by atoms with Crippen molar-refractivity contribution in [3.63, 3.8) is 0 Å². The number of aromatic carboxylic acids is 1. The molecule has 0 aliphatic carbocycles. The fraction of sp³-hybridized carbons (Fsp3) is 0.312. The normalized spacial score (nSPS) is 18.0. The van der Waals surface area contributed by atoms with Crippen LogP contribution in [0, 0.1) is 6.92 Å². The van der Waals surface area contributed by atoms with Gasteiger partial charge >= 0.3 is 5.97 Å². The summed E-state index contributed by atoms with van der Waals surface area (Å²) in [6.45, 7) is 3.01. The smallest absolute Gasteiger partial charge is 0.336 e. The highest BCUT2D eigenvalue weighted by atomic mass is 16.5. The number of carbonyl (C=O) groups is 1. The summed E-state index contributed by atoms with van der Waals surface area (Å²) in [5.74, 6) is -0.0848. The van der Waals surface area contributed by atoms with Crippen molar-refractivity contribution in [1.29, 1.82) is 0 Å². The van der Waals surface area contributed by atoms with Gasteiger partial charge in [-0.2, -0.15) is 0 Å². The second kappa shape index (κ2) is 4.92. The lowest BCUT2D eigenvalue weighted by molar-refractivity contribution is 0.0696. The Kier molecular flexibility index (Phi) is 2.99. The molecule has 3 heterocycles. The Hall–Kier alpha value is -2.67. The van der Waals surface area contributed by atoms with E-state index >= 15 is 0 Å². The van der Waals surface area contributed by atoms with Crippen molar-refractivity contribution >= 4 is 22.5 Å². The second-order valence-electron chi connectivity index (χ2n) is 5.84. The minimum absolute atomic E-state index is 0.141. The molecule has 1 fully saturated rings. The minimum Gasteiger partial charge on any atom is -0.478 e. The van der Waals surface area contributed by atoms with Gasteiger partial charge in [0, 0.05) is 12.5 Å². The summed E-state index contributed by atoms with van der Waals surface area (Å²) in [5.41, 5.74) is 2.24. The zero-order chi connectivity index (χ0) is 16.1. The maximum atomic E-state index is 12.3. The van der Waals surface area contributed by atoms with Crippen LogP contribution < -0.4 is 5.56 Å². The number of benzene rings is 1. The van der Waals surface area contributed by atoms with Crippen LogP contribution in [0.4, 0.5) is 0 Å². The van der Waals surface area contributed by atoms with Gasteiger partial charge < -0.3 is 14.8 Å². The Labute approximate surface area is 130 Å². The molecule has 23 heavy (non-hydrogen) atoms. The SMILES string of the molecule is Cc1cc2c(cc1C(=O)O)[nH]c(=O)c1cnc(C3CCOC3)n12. The molecule has 7 heteroatoms. The number of carboxylic acid groups (broad SMARTS) is 1. The number of nitrogens with zero attached hydrogens (tertiary/aromatic N) is 2. The van der Waals surface area contributed by atoms with Crippen molar-refractivity contribution in [2.75, 3.05) is 13.2 Å². The van der Waals surface area contributed by atoms with Gasteiger partial charge in [0.15, 0.2) is 0 Å². The molecule has 7 nitrogen and oxygen atoms in total. The fourth-order valence-corrected chi connectivity index (χ4v) is 3.20. The molecule has 0 amide bonds. The third-order valence-corrected chi connectivity index (χ3v) is 4.38. The molecule has 1 aliphatic heterocycles. The Morgan fingerprint density at radius 2 is 2.26 bits per heavy atom. The van der Waals surface area contributed by atoms with Crippen LogP contribution in [0.2, 0.25) is 0 Å². The molecule has 0 spiro atoms. The van der Waals surface area contributed by atoms with Crippen molar-refractivity contribution in [2.24, 2.45) is 0 Å². The molecule has 3 aromatic rings. The molecular weight excluding hydrogens is 298 g/mol. The van der Waals surface area contributed by atoms with Gasteiger partial charge in [-0.05, 0) is 31.0 Å². The number of fused-ring (bicyclic) bond motifs is 3. The van der Waals surface area contributed by atoms with Crippen molar-refractivity contribution in [3.05, 3.63) is 45.6 Å². The molecule has 0 bridgehead atoms.